The third kappa shape index (κ3) is 4.91. The van der Waals surface area contributed by atoms with Crippen LogP contribution in [0.5, 0.6) is 0 Å². The van der Waals surface area contributed by atoms with Gasteiger partial charge in [0, 0.05) is 23.1 Å². The van der Waals surface area contributed by atoms with Crippen LogP contribution in [0.2, 0.25) is 0 Å². The molecule has 0 aromatic carbocycles. The Hall–Kier alpha value is -2.36. The molecular weight excluding hydrogens is 518 g/mol. The number of Topliss-reactive ketones (excluding diaryl/α,β-unsaturated/α-hetero) is 1. The van der Waals surface area contributed by atoms with Crippen LogP contribution in [0, 0.1) is 28.6 Å². The first-order valence-corrected chi connectivity index (χ1v) is 15.0. The first-order valence-electron chi connectivity index (χ1n) is 14.1. The fraction of sp³-hybridized carbons (Fsp3) is 0.667. The van der Waals surface area contributed by atoms with Crippen molar-refractivity contribution in [2.45, 2.75) is 89.9 Å². The van der Waals surface area contributed by atoms with Gasteiger partial charge in [0.15, 0.2) is 12.4 Å². The van der Waals surface area contributed by atoms with Crippen molar-refractivity contribution >= 4 is 34.8 Å². The average Bonchev–Trinajstić information content (AvgIpc) is 3.51. The molecular formula is C30H39NO7S. The Labute approximate surface area is 233 Å². The van der Waals surface area contributed by atoms with Crippen molar-refractivity contribution in [1.29, 1.82) is 0 Å². The number of thiophene rings is 1. The molecule has 7 unspecified atom stereocenters. The number of aliphatic hydroxyl groups excluding tert-OH is 1. The van der Waals surface area contributed by atoms with Crippen molar-refractivity contribution in [2.24, 2.45) is 28.6 Å². The van der Waals surface area contributed by atoms with Crippen LogP contribution in [-0.4, -0.2) is 52.0 Å². The van der Waals surface area contributed by atoms with Crippen LogP contribution in [0.3, 0.4) is 0 Å². The van der Waals surface area contributed by atoms with Crippen LogP contribution in [-0.2, 0) is 30.5 Å². The average molecular weight is 558 g/mol. The number of hydrogen-bond donors (Lipinski definition) is 3. The Morgan fingerprint density at radius 2 is 1.95 bits per heavy atom. The fourth-order valence-electron chi connectivity index (χ4n) is 8.39. The van der Waals surface area contributed by atoms with E-state index in [1.165, 1.54) is 11.3 Å². The molecule has 0 bridgehead atoms. The first-order chi connectivity index (χ1) is 18.5. The Morgan fingerprint density at radius 3 is 2.69 bits per heavy atom. The van der Waals surface area contributed by atoms with Gasteiger partial charge in [-0.25, -0.2) is 0 Å². The summed E-state index contributed by atoms with van der Waals surface area (Å²) in [5.41, 5.74) is -1.63. The van der Waals surface area contributed by atoms with E-state index in [9.17, 15) is 29.4 Å². The SMILES string of the molecule is CC12CCC(=O)C=C1CCC1C2C(O)CC2(C)C1CCC2(O)C(=O)COC(=O)CCC(=O)NCc1cccs1. The Morgan fingerprint density at radius 1 is 1.15 bits per heavy atom. The molecule has 0 radical (unpaired) electrons. The number of aliphatic hydroxyl groups is 2. The van der Waals surface area contributed by atoms with Crippen LogP contribution in [0.25, 0.3) is 0 Å². The van der Waals surface area contributed by atoms with E-state index < -0.39 is 35.5 Å². The van der Waals surface area contributed by atoms with E-state index in [2.05, 4.69) is 12.2 Å². The van der Waals surface area contributed by atoms with Gasteiger partial charge < -0.3 is 20.3 Å². The van der Waals surface area contributed by atoms with Gasteiger partial charge in [0.2, 0.25) is 11.7 Å². The normalized spacial score (nSPS) is 37.2. The van der Waals surface area contributed by atoms with E-state index in [1.54, 1.807) is 6.08 Å². The summed E-state index contributed by atoms with van der Waals surface area (Å²) in [5, 5.41) is 27.9. The van der Waals surface area contributed by atoms with Crippen LogP contribution >= 0.6 is 11.3 Å². The van der Waals surface area contributed by atoms with Gasteiger partial charge in [0.05, 0.1) is 19.1 Å². The highest BCUT2D eigenvalue weighted by Gasteiger charge is 2.68. The quantitative estimate of drug-likeness (QED) is 0.417. The number of carbonyl (C=O) groups is 4. The zero-order valence-electron chi connectivity index (χ0n) is 22.7. The molecule has 0 saturated heterocycles. The lowest BCUT2D eigenvalue weighted by atomic mass is 9.45. The van der Waals surface area contributed by atoms with Crippen LogP contribution < -0.4 is 5.32 Å². The summed E-state index contributed by atoms with van der Waals surface area (Å²) in [6, 6.07) is 3.81. The standard InChI is InChI=1S/C30H39NO7S/c1-28-11-9-19(32)14-18(28)5-6-21-22-10-12-30(37,29(22,2)15-23(33)27(21)28)24(34)17-38-26(36)8-7-25(35)31-16-20-4-3-13-39-20/h3-4,13-14,21-23,27,33,37H,5-12,15-17H2,1-2H3,(H,31,35). The molecule has 9 heteroatoms. The van der Waals surface area contributed by atoms with E-state index in [0.717, 1.165) is 29.7 Å². The lowest BCUT2D eigenvalue weighted by molar-refractivity contribution is -0.184. The van der Waals surface area contributed by atoms with Gasteiger partial charge in [-0.05, 0) is 79.2 Å². The number of rotatable bonds is 8. The summed E-state index contributed by atoms with van der Waals surface area (Å²) in [5.74, 6) is -1.13. The largest absolute Gasteiger partial charge is 0.458 e. The number of hydrogen-bond acceptors (Lipinski definition) is 8. The van der Waals surface area contributed by atoms with E-state index in [1.807, 2.05) is 24.4 Å². The molecule has 4 aliphatic carbocycles. The number of ketones is 2. The van der Waals surface area contributed by atoms with E-state index in [4.69, 9.17) is 4.74 Å². The van der Waals surface area contributed by atoms with Crippen LogP contribution in [0.15, 0.2) is 29.2 Å². The van der Waals surface area contributed by atoms with E-state index in [0.29, 0.717) is 19.4 Å². The van der Waals surface area contributed by atoms with Crippen molar-refractivity contribution in [3.63, 3.8) is 0 Å². The summed E-state index contributed by atoms with van der Waals surface area (Å²) in [7, 11) is 0. The van der Waals surface area contributed by atoms with Gasteiger partial charge in [0.1, 0.15) is 5.60 Å². The maximum absolute atomic E-state index is 13.4. The minimum Gasteiger partial charge on any atom is -0.458 e. The summed E-state index contributed by atoms with van der Waals surface area (Å²) in [4.78, 5) is 50.8. The number of fused-ring (bicyclic) bond motifs is 5. The second kappa shape index (κ2) is 10.6. The molecule has 3 fully saturated rings. The number of nitrogens with one attached hydrogen (secondary N) is 1. The summed E-state index contributed by atoms with van der Waals surface area (Å²) in [6.45, 7) is 3.92. The predicted molar refractivity (Wildman–Crippen MR) is 144 cm³/mol. The lowest BCUT2D eigenvalue weighted by Gasteiger charge is -2.60. The molecule has 8 nitrogen and oxygen atoms in total. The maximum Gasteiger partial charge on any atom is 0.306 e. The Kier molecular flexibility index (Phi) is 7.63. The fourth-order valence-corrected chi connectivity index (χ4v) is 9.04. The molecule has 1 aromatic heterocycles. The minimum atomic E-state index is -1.69. The van der Waals surface area contributed by atoms with E-state index >= 15 is 0 Å². The van der Waals surface area contributed by atoms with Gasteiger partial charge in [-0.15, -0.1) is 11.3 Å². The van der Waals surface area contributed by atoms with Crippen LogP contribution in [0.1, 0.15) is 76.5 Å². The molecule has 3 saturated carbocycles. The summed E-state index contributed by atoms with van der Waals surface area (Å²) >= 11 is 1.53. The molecule has 212 valence electrons. The Balaban J connectivity index is 1.19. The van der Waals surface area contributed by atoms with Gasteiger partial charge in [-0.1, -0.05) is 25.5 Å². The second-order valence-electron chi connectivity index (χ2n) is 12.4. The van der Waals surface area contributed by atoms with Crippen molar-refractivity contribution in [2.75, 3.05) is 6.61 Å². The van der Waals surface area contributed by atoms with Gasteiger partial charge in [-0.3, -0.25) is 19.2 Å². The minimum absolute atomic E-state index is 0.00934. The molecule has 1 amide bonds. The molecule has 0 spiro atoms. The highest BCUT2D eigenvalue weighted by atomic mass is 32.1. The van der Waals surface area contributed by atoms with Crippen molar-refractivity contribution in [1.82, 2.24) is 5.32 Å². The molecule has 3 N–H and O–H groups in total. The highest BCUT2D eigenvalue weighted by Crippen LogP contribution is 2.67. The van der Waals surface area contributed by atoms with E-state index in [-0.39, 0.29) is 60.5 Å². The molecule has 1 heterocycles. The van der Waals surface area contributed by atoms with Crippen molar-refractivity contribution < 1.29 is 34.1 Å². The van der Waals surface area contributed by atoms with Gasteiger partial charge in [0.25, 0.3) is 0 Å². The first kappa shape index (κ1) is 28.2. The smallest absolute Gasteiger partial charge is 0.306 e. The molecule has 0 aliphatic heterocycles. The second-order valence-corrected chi connectivity index (χ2v) is 13.4. The highest BCUT2D eigenvalue weighted by molar-refractivity contribution is 7.09. The number of ether oxygens (including phenoxy) is 1. The van der Waals surface area contributed by atoms with Crippen LogP contribution in [0.4, 0.5) is 0 Å². The maximum atomic E-state index is 13.4. The molecule has 7 atom stereocenters. The topological polar surface area (TPSA) is 130 Å². The molecule has 1 aromatic rings. The van der Waals surface area contributed by atoms with Crippen molar-refractivity contribution in [3.8, 4) is 0 Å². The monoisotopic (exact) mass is 557 g/mol. The zero-order chi connectivity index (χ0) is 28.0. The lowest BCUT2D eigenvalue weighted by Crippen LogP contribution is -2.62. The Bertz CT molecular complexity index is 1180. The molecule has 5 rings (SSSR count). The molecule has 4 aliphatic rings. The number of amides is 1. The predicted octanol–water partition coefficient (Wildman–Crippen LogP) is 3.49. The zero-order valence-corrected chi connectivity index (χ0v) is 23.6. The third-order valence-electron chi connectivity index (χ3n) is 10.5. The number of esters is 1. The third-order valence-corrected chi connectivity index (χ3v) is 11.3. The number of carbonyl (C=O) groups excluding carboxylic acids is 4. The number of allylic oxidation sites excluding steroid dienone is 1. The van der Waals surface area contributed by atoms with Gasteiger partial charge >= 0.3 is 5.97 Å². The summed E-state index contributed by atoms with van der Waals surface area (Å²) < 4.78 is 5.21. The van der Waals surface area contributed by atoms with Crippen molar-refractivity contribution in [3.05, 3.63) is 34.0 Å². The van der Waals surface area contributed by atoms with Gasteiger partial charge in [-0.2, -0.15) is 0 Å². The molecule has 39 heavy (non-hydrogen) atoms. The summed E-state index contributed by atoms with van der Waals surface area (Å²) in [6.07, 6.45) is 4.95.